The number of carbonyl (C=O) groups is 1. The average Bonchev–Trinajstić information content (AvgIpc) is 2.27. The van der Waals surface area contributed by atoms with Gasteiger partial charge in [0.15, 0.2) is 0 Å². The Morgan fingerprint density at radius 1 is 1.47 bits per heavy atom. The molecule has 0 amide bonds. The highest BCUT2D eigenvalue weighted by atomic mass is 35.5. The number of ether oxygens (including phenoxy) is 1. The summed E-state index contributed by atoms with van der Waals surface area (Å²) < 4.78 is 5.45. The van der Waals surface area contributed by atoms with Crippen molar-refractivity contribution in [1.82, 2.24) is 0 Å². The molecule has 1 aromatic rings. The van der Waals surface area contributed by atoms with Crippen LogP contribution in [0.5, 0.6) is 5.75 Å². The van der Waals surface area contributed by atoms with Gasteiger partial charge in [-0.25, -0.2) is 0 Å². The predicted molar refractivity (Wildman–Crippen MR) is 68.9 cm³/mol. The van der Waals surface area contributed by atoms with Gasteiger partial charge in [-0.05, 0) is 25.1 Å². The zero-order valence-corrected chi connectivity index (χ0v) is 10.6. The van der Waals surface area contributed by atoms with Crippen LogP contribution in [0.15, 0.2) is 24.3 Å². The van der Waals surface area contributed by atoms with Crippen molar-refractivity contribution in [1.29, 1.82) is 0 Å². The third-order valence-electron chi connectivity index (χ3n) is 2.36. The molecule has 5 heteroatoms. The Labute approximate surface area is 107 Å². The van der Waals surface area contributed by atoms with E-state index in [4.69, 9.17) is 15.6 Å². The average molecular weight is 260 g/mol. The van der Waals surface area contributed by atoms with Crippen LogP contribution in [0.2, 0.25) is 0 Å². The van der Waals surface area contributed by atoms with Crippen molar-refractivity contribution >= 4 is 18.4 Å². The number of nitrogens with two attached hydrogens (primary N) is 1. The summed E-state index contributed by atoms with van der Waals surface area (Å²) >= 11 is 0. The lowest BCUT2D eigenvalue weighted by atomic mass is 9.95. The molecule has 96 valence electrons. The molecule has 17 heavy (non-hydrogen) atoms. The van der Waals surface area contributed by atoms with Crippen LogP contribution in [-0.4, -0.2) is 24.2 Å². The molecule has 1 unspecified atom stereocenters. The smallest absolute Gasteiger partial charge is 0.304 e. The summed E-state index contributed by atoms with van der Waals surface area (Å²) in [6.07, 6.45) is 0.0284. The van der Waals surface area contributed by atoms with Crippen molar-refractivity contribution in [3.8, 4) is 5.75 Å². The zero-order valence-electron chi connectivity index (χ0n) is 9.76. The Kier molecular flexibility index (Phi) is 7.34. The first-order chi connectivity index (χ1) is 7.69. The van der Waals surface area contributed by atoms with E-state index in [0.717, 1.165) is 11.3 Å². The molecular weight excluding hydrogens is 242 g/mol. The van der Waals surface area contributed by atoms with Crippen molar-refractivity contribution in [2.75, 3.05) is 13.2 Å². The largest absolute Gasteiger partial charge is 0.494 e. The fraction of sp³-hybridized carbons (Fsp3) is 0.417. The Morgan fingerprint density at radius 3 is 2.65 bits per heavy atom. The zero-order chi connectivity index (χ0) is 12.0. The monoisotopic (exact) mass is 259 g/mol. The highest BCUT2D eigenvalue weighted by Gasteiger charge is 2.17. The summed E-state index contributed by atoms with van der Waals surface area (Å²) in [5.41, 5.74) is 6.47. The van der Waals surface area contributed by atoms with E-state index in [2.05, 4.69) is 0 Å². The number of rotatable bonds is 6. The number of halogens is 1. The number of hydrogen-bond donors (Lipinski definition) is 2. The van der Waals surface area contributed by atoms with Crippen LogP contribution in [0.1, 0.15) is 24.8 Å². The van der Waals surface area contributed by atoms with E-state index in [9.17, 15) is 4.79 Å². The van der Waals surface area contributed by atoms with Gasteiger partial charge < -0.3 is 15.6 Å². The maximum absolute atomic E-state index is 10.7. The minimum Gasteiger partial charge on any atom is -0.494 e. The second-order valence-corrected chi connectivity index (χ2v) is 3.50. The fourth-order valence-corrected chi connectivity index (χ4v) is 1.64. The molecule has 1 aromatic carbocycles. The SMILES string of the molecule is CCOc1ccccc1C(CN)CC(=O)O.Cl. The molecule has 4 nitrogen and oxygen atoms in total. The lowest BCUT2D eigenvalue weighted by Gasteiger charge is -2.17. The van der Waals surface area contributed by atoms with Gasteiger partial charge in [-0.15, -0.1) is 12.4 Å². The van der Waals surface area contributed by atoms with Gasteiger partial charge in [-0.3, -0.25) is 4.79 Å². The summed E-state index contributed by atoms with van der Waals surface area (Å²) in [7, 11) is 0. The molecule has 0 aliphatic heterocycles. The molecule has 0 aromatic heterocycles. The molecule has 0 saturated carbocycles. The first kappa shape index (κ1) is 15.7. The Morgan fingerprint density at radius 2 is 2.12 bits per heavy atom. The first-order valence-corrected chi connectivity index (χ1v) is 5.32. The lowest BCUT2D eigenvalue weighted by Crippen LogP contribution is -2.17. The second kappa shape index (κ2) is 7.92. The molecule has 0 aliphatic carbocycles. The highest BCUT2D eigenvalue weighted by molar-refractivity contribution is 5.85. The molecule has 0 saturated heterocycles. The fourth-order valence-electron chi connectivity index (χ4n) is 1.64. The maximum atomic E-state index is 10.7. The van der Waals surface area contributed by atoms with Gasteiger partial charge in [0.2, 0.25) is 0 Å². The molecule has 3 N–H and O–H groups in total. The first-order valence-electron chi connectivity index (χ1n) is 5.32. The minimum absolute atomic E-state index is 0. The number of carboxylic acids is 1. The third-order valence-corrected chi connectivity index (χ3v) is 2.36. The van der Waals surface area contributed by atoms with Gasteiger partial charge in [0, 0.05) is 5.92 Å². The van der Waals surface area contributed by atoms with Gasteiger partial charge in [0.25, 0.3) is 0 Å². The molecule has 0 spiro atoms. The highest BCUT2D eigenvalue weighted by Crippen LogP contribution is 2.28. The van der Waals surface area contributed by atoms with E-state index in [1.807, 2.05) is 31.2 Å². The van der Waals surface area contributed by atoms with Crippen LogP contribution in [0, 0.1) is 0 Å². The third kappa shape index (κ3) is 4.63. The summed E-state index contributed by atoms with van der Waals surface area (Å²) in [4.78, 5) is 10.7. The van der Waals surface area contributed by atoms with Gasteiger partial charge in [0.1, 0.15) is 5.75 Å². The van der Waals surface area contributed by atoms with E-state index in [1.54, 1.807) is 0 Å². The molecule has 0 heterocycles. The number of aliphatic carboxylic acids is 1. The molecule has 0 radical (unpaired) electrons. The number of para-hydroxylation sites is 1. The second-order valence-electron chi connectivity index (χ2n) is 3.50. The van der Waals surface area contributed by atoms with E-state index in [0.29, 0.717) is 13.2 Å². The van der Waals surface area contributed by atoms with Gasteiger partial charge in [-0.2, -0.15) is 0 Å². The lowest BCUT2D eigenvalue weighted by molar-refractivity contribution is -0.137. The molecule has 0 aliphatic rings. The number of benzene rings is 1. The summed E-state index contributed by atoms with van der Waals surface area (Å²) in [6.45, 7) is 2.75. The van der Waals surface area contributed by atoms with Crippen LogP contribution in [0.3, 0.4) is 0 Å². The van der Waals surface area contributed by atoms with Crippen molar-refractivity contribution in [2.45, 2.75) is 19.3 Å². The van der Waals surface area contributed by atoms with Crippen LogP contribution in [-0.2, 0) is 4.79 Å². The van der Waals surface area contributed by atoms with Crippen molar-refractivity contribution in [3.05, 3.63) is 29.8 Å². The van der Waals surface area contributed by atoms with Gasteiger partial charge >= 0.3 is 5.97 Å². The summed E-state index contributed by atoms with van der Waals surface area (Å²) in [6, 6.07) is 7.43. The van der Waals surface area contributed by atoms with E-state index in [-0.39, 0.29) is 24.7 Å². The van der Waals surface area contributed by atoms with Crippen molar-refractivity contribution in [3.63, 3.8) is 0 Å². The summed E-state index contributed by atoms with van der Waals surface area (Å²) in [5.74, 6) is -0.316. The van der Waals surface area contributed by atoms with E-state index < -0.39 is 5.97 Å². The van der Waals surface area contributed by atoms with E-state index in [1.165, 1.54) is 0 Å². The quantitative estimate of drug-likeness (QED) is 0.820. The predicted octanol–water partition coefficient (Wildman–Crippen LogP) is 2.02. The maximum Gasteiger partial charge on any atom is 0.304 e. The molecule has 0 fully saturated rings. The Hall–Kier alpha value is -1.26. The Bertz CT molecular complexity index is 357. The molecule has 0 bridgehead atoms. The topological polar surface area (TPSA) is 72.5 Å². The van der Waals surface area contributed by atoms with Crippen LogP contribution in [0.4, 0.5) is 0 Å². The van der Waals surface area contributed by atoms with Crippen LogP contribution < -0.4 is 10.5 Å². The van der Waals surface area contributed by atoms with Crippen LogP contribution in [0.25, 0.3) is 0 Å². The molecule has 1 atom stereocenters. The van der Waals surface area contributed by atoms with E-state index >= 15 is 0 Å². The van der Waals surface area contributed by atoms with Gasteiger partial charge in [0.05, 0.1) is 13.0 Å². The minimum atomic E-state index is -0.846. The van der Waals surface area contributed by atoms with Crippen LogP contribution >= 0.6 is 12.4 Å². The van der Waals surface area contributed by atoms with Crippen molar-refractivity contribution < 1.29 is 14.6 Å². The van der Waals surface area contributed by atoms with Crippen molar-refractivity contribution in [2.24, 2.45) is 5.73 Å². The molecule has 1 rings (SSSR count). The number of hydrogen-bond acceptors (Lipinski definition) is 3. The molecular formula is C12H18ClNO3. The Balaban J connectivity index is 0.00000256. The summed E-state index contributed by atoms with van der Waals surface area (Å²) in [5, 5.41) is 8.80. The normalized spacial score (nSPS) is 11.4. The number of carboxylic acid groups (broad SMARTS) is 1. The van der Waals surface area contributed by atoms with Gasteiger partial charge in [-0.1, -0.05) is 18.2 Å². The standard InChI is InChI=1S/C12H17NO3.ClH/c1-2-16-11-6-4-3-5-10(11)9(8-13)7-12(14)15;/h3-6,9H,2,7-8,13H2,1H3,(H,14,15);1H.